The molecule has 1 aromatic heterocycles. The quantitative estimate of drug-likeness (QED) is 0.405. The Morgan fingerprint density at radius 1 is 1.25 bits per heavy atom. The molecule has 0 aromatic carbocycles. The van der Waals surface area contributed by atoms with Crippen LogP contribution in [0.25, 0.3) is 0 Å². The Morgan fingerprint density at radius 2 is 1.92 bits per heavy atom. The van der Waals surface area contributed by atoms with Gasteiger partial charge in [-0.15, -0.1) is 24.0 Å². The molecule has 0 saturated carbocycles. The van der Waals surface area contributed by atoms with Gasteiger partial charge >= 0.3 is 0 Å². The summed E-state index contributed by atoms with van der Waals surface area (Å²) in [5.74, 6) is 0.810. The number of rotatable bonds is 5. The van der Waals surface area contributed by atoms with E-state index in [1.54, 1.807) is 0 Å². The van der Waals surface area contributed by atoms with Crippen molar-refractivity contribution >= 4 is 35.8 Å². The summed E-state index contributed by atoms with van der Waals surface area (Å²) in [6.45, 7) is 9.41. The number of carbonyl (C=O) groups is 1. The number of carbonyl (C=O) groups excluding carboxylic acids is 1. The number of hydrogen-bond acceptors (Lipinski definition) is 3. The Kier molecular flexibility index (Phi) is 8.51. The van der Waals surface area contributed by atoms with Crippen molar-refractivity contribution in [2.24, 2.45) is 12.0 Å². The molecule has 0 aliphatic carbocycles. The summed E-state index contributed by atoms with van der Waals surface area (Å²) in [6, 6.07) is 0. The van der Waals surface area contributed by atoms with Crippen molar-refractivity contribution in [3.05, 3.63) is 17.0 Å². The van der Waals surface area contributed by atoms with E-state index in [1.807, 2.05) is 37.4 Å². The van der Waals surface area contributed by atoms with Gasteiger partial charge in [-0.3, -0.25) is 9.48 Å². The molecule has 1 amide bonds. The number of likely N-dealkylation sites (tertiary alicyclic amines) is 1. The van der Waals surface area contributed by atoms with Gasteiger partial charge in [0.05, 0.1) is 18.8 Å². The summed E-state index contributed by atoms with van der Waals surface area (Å²) in [5.41, 5.74) is 3.25. The van der Waals surface area contributed by atoms with Crippen molar-refractivity contribution in [1.82, 2.24) is 25.3 Å². The van der Waals surface area contributed by atoms with Gasteiger partial charge < -0.3 is 15.5 Å². The minimum absolute atomic E-state index is 0. The second-order valence-electron chi connectivity index (χ2n) is 5.91. The lowest BCUT2D eigenvalue weighted by atomic mass is 10.2. The monoisotopic (exact) mass is 448 g/mol. The molecule has 0 radical (unpaired) electrons. The maximum absolute atomic E-state index is 12.1. The van der Waals surface area contributed by atoms with Gasteiger partial charge in [0, 0.05) is 37.9 Å². The van der Waals surface area contributed by atoms with Gasteiger partial charge in [-0.05, 0) is 33.6 Å². The molecule has 136 valence electrons. The zero-order valence-corrected chi connectivity index (χ0v) is 17.4. The highest BCUT2D eigenvalue weighted by Crippen LogP contribution is 2.12. The Balaban J connectivity index is 0.00000288. The summed E-state index contributed by atoms with van der Waals surface area (Å²) in [6.07, 6.45) is 2.22. The van der Waals surface area contributed by atoms with Gasteiger partial charge in [-0.2, -0.15) is 5.10 Å². The lowest BCUT2D eigenvalue weighted by molar-refractivity contribution is -0.128. The molecule has 1 aliphatic rings. The van der Waals surface area contributed by atoms with Crippen LogP contribution in [-0.4, -0.2) is 52.7 Å². The van der Waals surface area contributed by atoms with Gasteiger partial charge in [-0.25, -0.2) is 4.99 Å². The predicted octanol–water partition coefficient (Wildman–Crippen LogP) is 1.33. The van der Waals surface area contributed by atoms with E-state index in [1.165, 1.54) is 0 Å². The number of halogens is 1. The fourth-order valence-electron chi connectivity index (χ4n) is 2.78. The molecule has 0 bridgehead atoms. The second-order valence-corrected chi connectivity index (χ2v) is 5.91. The number of aromatic nitrogens is 2. The number of aliphatic imine (C=N–C) groups is 1. The molecule has 1 fully saturated rings. The Hall–Kier alpha value is -1.32. The molecule has 0 spiro atoms. The molecular weight excluding hydrogens is 419 g/mol. The van der Waals surface area contributed by atoms with Crippen molar-refractivity contribution in [2.45, 2.75) is 40.2 Å². The van der Waals surface area contributed by atoms with Crippen molar-refractivity contribution in [3.8, 4) is 0 Å². The highest BCUT2D eigenvalue weighted by molar-refractivity contribution is 14.0. The van der Waals surface area contributed by atoms with Crippen molar-refractivity contribution in [1.29, 1.82) is 0 Å². The number of amides is 1. The molecule has 2 heterocycles. The smallest absolute Gasteiger partial charge is 0.241 e. The van der Waals surface area contributed by atoms with Crippen LogP contribution in [-0.2, 0) is 18.4 Å². The van der Waals surface area contributed by atoms with E-state index in [2.05, 4.69) is 20.7 Å². The topological polar surface area (TPSA) is 74.5 Å². The number of guanidine groups is 1. The van der Waals surface area contributed by atoms with Crippen LogP contribution in [0, 0.1) is 13.8 Å². The number of nitrogens with one attached hydrogen (secondary N) is 2. The normalized spacial score (nSPS) is 14.5. The maximum atomic E-state index is 12.1. The van der Waals surface area contributed by atoms with Gasteiger partial charge in [0.15, 0.2) is 5.96 Å². The minimum atomic E-state index is 0. The third kappa shape index (κ3) is 5.35. The van der Waals surface area contributed by atoms with Crippen LogP contribution in [0.2, 0.25) is 0 Å². The Morgan fingerprint density at radius 3 is 2.46 bits per heavy atom. The first-order chi connectivity index (χ1) is 11.0. The Labute approximate surface area is 161 Å². The fourth-order valence-corrected chi connectivity index (χ4v) is 2.78. The van der Waals surface area contributed by atoms with Gasteiger partial charge in [0.25, 0.3) is 0 Å². The van der Waals surface area contributed by atoms with Gasteiger partial charge in [0.2, 0.25) is 5.91 Å². The average Bonchev–Trinajstić information content (AvgIpc) is 3.13. The SMILES string of the molecule is CCNC(=NCc1c(C)nn(C)c1C)NCC(=O)N1CCCC1.I. The van der Waals surface area contributed by atoms with E-state index in [4.69, 9.17) is 0 Å². The van der Waals surface area contributed by atoms with Crippen molar-refractivity contribution in [3.63, 3.8) is 0 Å². The molecule has 24 heavy (non-hydrogen) atoms. The summed E-state index contributed by atoms with van der Waals surface area (Å²) in [5, 5.41) is 10.7. The molecule has 1 aliphatic heterocycles. The van der Waals surface area contributed by atoms with Crippen LogP contribution in [0.4, 0.5) is 0 Å². The first-order valence-electron chi connectivity index (χ1n) is 8.32. The third-order valence-electron chi connectivity index (χ3n) is 4.26. The first kappa shape index (κ1) is 20.7. The van der Waals surface area contributed by atoms with Crippen LogP contribution in [0.15, 0.2) is 4.99 Å². The van der Waals surface area contributed by atoms with Crippen LogP contribution in [0.5, 0.6) is 0 Å². The summed E-state index contributed by atoms with van der Waals surface area (Å²) < 4.78 is 1.87. The van der Waals surface area contributed by atoms with E-state index in [0.717, 1.165) is 49.4 Å². The van der Waals surface area contributed by atoms with Crippen molar-refractivity contribution in [2.75, 3.05) is 26.2 Å². The standard InChI is InChI=1S/C16H28N6O.HI/c1-5-17-16(19-11-15(23)22-8-6-7-9-22)18-10-14-12(2)20-21(4)13(14)3;/h5-11H2,1-4H3,(H2,17,18,19);1H. The van der Waals surface area contributed by atoms with E-state index in [0.29, 0.717) is 12.5 Å². The lowest BCUT2D eigenvalue weighted by Crippen LogP contribution is -2.44. The molecule has 1 aromatic rings. The average molecular weight is 448 g/mol. The van der Waals surface area contributed by atoms with Crippen LogP contribution >= 0.6 is 24.0 Å². The van der Waals surface area contributed by atoms with Crippen LogP contribution < -0.4 is 10.6 Å². The number of aryl methyl sites for hydroxylation is 2. The van der Waals surface area contributed by atoms with E-state index in [-0.39, 0.29) is 36.4 Å². The molecule has 7 nitrogen and oxygen atoms in total. The molecule has 0 atom stereocenters. The highest BCUT2D eigenvalue weighted by atomic mass is 127. The second kappa shape index (κ2) is 9.85. The predicted molar refractivity (Wildman–Crippen MR) is 107 cm³/mol. The summed E-state index contributed by atoms with van der Waals surface area (Å²) in [4.78, 5) is 18.6. The molecule has 1 saturated heterocycles. The molecule has 2 rings (SSSR count). The third-order valence-corrected chi connectivity index (χ3v) is 4.26. The van der Waals surface area contributed by atoms with E-state index < -0.39 is 0 Å². The Bertz CT molecular complexity index is 577. The maximum Gasteiger partial charge on any atom is 0.241 e. The molecule has 0 unspecified atom stereocenters. The molecule has 8 heteroatoms. The largest absolute Gasteiger partial charge is 0.357 e. The van der Waals surface area contributed by atoms with Crippen molar-refractivity contribution < 1.29 is 4.79 Å². The lowest BCUT2D eigenvalue weighted by Gasteiger charge is -2.17. The van der Waals surface area contributed by atoms with E-state index in [9.17, 15) is 4.79 Å². The van der Waals surface area contributed by atoms with Crippen LogP contribution in [0.3, 0.4) is 0 Å². The number of hydrogen-bond donors (Lipinski definition) is 2. The zero-order chi connectivity index (χ0) is 16.8. The summed E-state index contributed by atoms with van der Waals surface area (Å²) >= 11 is 0. The van der Waals surface area contributed by atoms with Gasteiger partial charge in [-0.1, -0.05) is 0 Å². The van der Waals surface area contributed by atoms with Crippen LogP contribution in [0.1, 0.15) is 36.7 Å². The highest BCUT2D eigenvalue weighted by Gasteiger charge is 2.17. The number of nitrogens with zero attached hydrogens (tertiary/aromatic N) is 4. The van der Waals surface area contributed by atoms with Gasteiger partial charge in [0.1, 0.15) is 0 Å². The minimum Gasteiger partial charge on any atom is -0.357 e. The molecule has 2 N–H and O–H groups in total. The zero-order valence-electron chi connectivity index (χ0n) is 15.1. The summed E-state index contributed by atoms with van der Waals surface area (Å²) in [7, 11) is 1.94. The molecular formula is C16H29IN6O. The van der Waals surface area contributed by atoms with E-state index >= 15 is 0 Å². The first-order valence-corrected chi connectivity index (χ1v) is 8.32. The fraction of sp³-hybridized carbons (Fsp3) is 0.688.